The molecule has 0 amide bonds. The molecule has 15 heteroatoms. The summed E-state index contributed by atoms with van der Waals surface area (Å²) in [7, 11) is 0. The Morgan fingerprint density at radius 3 is 0.920 bits per heavy atom. The summed E-state index contributed by atoms with van der Waals surface area (Å²) in [5.41, 5.74) is 0. The predicted molar refractivity (Wildman–Crippen MR) is 56.1 cm³/mol. The van der Waals surface area contributed by atoms with Crippen molar-refractivity contribution in [2.75, 3.05) is 0 Å². The second-order valence-electron chi connectivity index (χ2n) is 6.17. The van der Waals surface area contributed by atoms with Gasteiger partial charge in [0.1, 0.15) is 0 Å². The van der Waals surface area contributed by atoms with E-state index in [-0.39, 0.29) is 0 Å². The average Bonchev–Trinajstić information content (AvgIpc) is 2.48. The van der Waals surface area contributed by atoms with Crippen molar-refractivity contribution in [1.82, 2.24) is 0 Å². The van der Waals surface area contributed by atoms with Gasteiger partial charge in [0.25, 0.3) is 0 Å². The fourth-order valence-electron chi connectivity index (χ4n) is 2.96. The summed E-state index contributed by atoms with van der Waals surface area (Å²) in [6.07, 6.45) is -5.55. The molecule has 4 unspecified atom stereocenters. The second-order valence-corrected chi connectivity index (χ2v) is 17.3. The number of alkyl halides is 14. The zero-order valence-corrected chi connectivity index (χ0v) is 18.4. The molecule has 25 heavy (non-hydrogen) atoms. The van der Waals surface area contributed by atoms with E-state index in [2.05, 4.69) is 23.2 Å². The van der Waals surface area contributed by atoms with Crippen molar-refractivity contribution in [3.05, 3.63) is 0 Å². The normalized spacial score (nSPS) is 49.8. The van der Waals surface area contributed by atoms with Crippen molar-refractivity contribution < 1.29 is 77.3 Å². The quantitative estimate of drug-likeness (QED) is 0.215. The van der Waals surface area contributed by atoms with Crippen LogP contribution in [0.5, 0.6) is 0 Å². The molecule has 0 radical (unpaired) electrons. The van der Waals surface area contributed by atoms with E-state index in [1.54, 1.807) is 0 Å². The number of halogens is 14. The molecule has 0 aromatic heterocycles. The van der Waals surface area contributed by atoms with E-state index >= 15 is 0 Å². The molecule has 0 bridgehead atoms. The van der Waals surface area contributed by atoms with Gasteiger partial charge in [-0.25, -0.2) is 0 Å². The first-order valence-electron chi connectivity index (χ1n) is 6.27. The Balaban J connectivity index is 2.53. The van der Waals surface area contributed by atoms with Crippen LogP contribution in [0.4, 0.5) is 52.7 Å². The van der Waals surface area contributed by atoms with Crippen LogP contribution >= 0.6 is 23.2 Å². The maximum absolute atomic E-state index is 14.5. The number of hydrogen-bond donors (Lipinski definition) is 0. The molecule has 0 aromatic rings. The first-order valence-corrected chi connectivity index (χ1v) is 12.5. The molecule has 2 aliphatic rings. The van der Waals surface area contributed by atoms with Gasteiger partial charge >= 0.3 is 154 Å². The van der Waals surface area contributed by atoms with E-state index in [1.807, 2.05) is 0 Å². The van der Waals surface area contributed by atoms with Gasteiger partial charge in [-0.3, -0.25) is 0 Å². The van der Waals surface area contributed by atoms with Gasteiger partial charge in [-0.15, -0.1) is 0 Å². The minimum atomic E-state index is -5.92. The van der Waals surface area contributed by atoms with Crippen LogP contribution < -0.4 is 0 Å². The molecule has 0 nitrogen and oxygen atoms in total. The van der Waals surface area contributed by atoms with Gasteiger partial charge in [-0.1, -0.05) is 0 Å². The van der Waals surface area contributed by atoms with Crippen molar-refractivity contribution >= 4 is 23.2 Å². The molecule has 0 saturated heterocycles. The Kier molecular flexibility index (Phi) is 4.55. The first kappa shape index (κ1) is 22.0. The third kappa shape index (κ3) is 2.40. The zero-order chi connectivity index (χ0) is 20.1. The molecular formula is C10H4Cl2F12Hg. The van der Waals surface area contributed by atoms with Crippen LogP contribution in [0.3, 0.4) is 0 Å². The van der Waals surface area contributed by atoms with E-state index < -0.39 is 77.7 Å². The molecule has 0 spiro atoms. The summed E-state index contributed by atoms with van der Waals surface area (Å²) in [5, 5.41) is -10.6. The monoisotopic (exact) mass is 624 g/mol. The van der Waals surface area contributed by atoms with Crippen LogP contribution in [0.25, 0.3) is 0 Å². The molecular weight excluding hydrogens is 620 g/mol. The molecule has 2 saturated carbocycles. The fourth-order valence-corrected chi connectivity index (χ4v) is 14.9. The first-order chi connectivity index (χ1) is 10.6. The fraction of sp³-hybridized carbons (Fsp3) is 1.00. The summed E-state index contributed by atoms with van der Waals surface area (Å²) in [4.78, 5) is 0. The van der Waals surface area contributed by atoms with E-state index in [4.69, 9.17) is 0 Å². The van der Waals surface area contributed by atoms with Crippen molar-refractivity contribution in [3.63, 3.8) is 0 Å². The van der Waals surface area contributed by atoms with E-state index in [0.29, 0.717) is 0 Å². The van der Waals surface area contributed by atoms with Crippen LogP contribution in [0.2, 0.25) is 0 Å². The molecule has 2 aliphatic carbocycles. The van der Waals surface area contributed by atoms with Crippen LogP contribution in [0.15, 0.2) is 0 Å². The average molecular weight is 624 g/mol. The van der Waals surface area contributed by atoms with Crippen LogP contribution in [0, 0.1) is 0 Å². The summed E-state index contributed by atoms with van der Waals surface area (Å²) in [6.45, 7) is 0. The molecule has 0 aliphatic heterocycles. The number of hydrogen-bond acceptors (Lipinski definition) is 0. The molecule has 144 valence electrons. The van der Waals surface area contributed by atoms with Crippen molar-refractivity contribution in [2.45, 2.75) is 53.1 Å². The maximum atomic E-state index is 14.5. The van der Waals surface area contributed by atoms with Gasteiger partial charge in [-0.05, 0) is 0 Å². The Hall–Kier alpha value is 0.675. The summed E-state index contributed by atoms with van der Waals surface area (Å²) in [5.74, 6) is -22.8. The van der Waals surface area contributed by atoms with Crippen LogP contribution in [0.1, 0.15) is 12.8 Å². The molecule has 0 heterocycles. The van der Waals surface area contributed by atoms with Gasteiger partial charge in [-0.2, -0.15) is 0 Å². The molecule has 0 N–H and O–H groups in total. The molecule has 0 aromatic carbocycles. The summed E-state index contributed by atoms with van der Waals surface area (Å²) < 4.78 is 153. The van der Waals surface area contributed by atoms with Crippen molar-refractivity contribution in [3.8, 4) is 0 Å². The Morgan fingerprint density at radius 2 is 0.760 bits per heavy atom. The van der Waals surface area contributed by atoms with Gasteiger partial charge in [0.2, 0.25) is 0 Å². The molecule has 4 atom stereocenters. The molecule has 2 rings (SSSR count). The van der Waals surface area contributed by atoms with E-state index in [1.165, 1.54) is 0 Å². The second kappa shape index (κ2) is 5.18. The Labute approximate surface area is 153 Å². The van der Waals surface area contributed by atoms with Gasteiger partial charge in [0, 0.05) is 0 Å². The minimum absolute atomic E-state index is 2.77. The van der Waals surface area contributed by atoms with E-state index in [9.17, 15) is 52.7 Å². The Morgan fingerprint density at radius 1 is 0.520 bits per heavy atom. The van der Waals surface area contributed by atoms with Crippen LogP contribution in [-0.2, 0) is 24.6 Å². The predicted octanol–water partition coefficient (Wildman–Crippen LogP) is 5.56. The van der Waals surface area contributed by atoms with Crippen LogP contribution in [-0.4, -0.2) is 40.3 Å². The van der Waals surface area contributed by atoms with Gasteiger partial charge in [0.15, 0.2) is 0 Å². The standard InChI is InChI=1S/2C5H2ClF6.Hg/c2*6-4(10)2(7)1-3(8,9)5(4,11)12;/h2*1H2;. The Bertz CT molecular complexity index is 542. The number of rotatable bonds is 2. The zero-order valence-electron chi connectivity index (χ0n) is 11.4. The summed E-state index contributed by atoms with van der Waals surface area (Å²) in [6, 6.07) is 0. The van der Waals surface area contributed by atoms with Crippen molar-refractivity contribution in [2.24, 2.45) is 0 Å². The summed E-state index contributed by atoms with van der Waals surface area (Å²) >= 11 is 3.43. The molecule has 2 fully saturated rings. The third-order valence-corrected chi connectivity index (χ3v) is 17.4. The van der Waals surface area contributed by atoms with Crippen molar-refractivity contribution in [1.29, 1.82) is 0 Å². The SMILES string of the molecule is FC1(F)C[C](F)([Hg][C]2(F)CC(F)(F)C(F)(F)C2(F)Cl)C(F)(Cl)C1(F)F. The third-order valence-electron chi connectivity index (χ3n) is 4.40. The van der Waals surface area contributed by atoms with Gasteiger partial charge < -0.3 is 0 Å². The van der Waals surface area contributed by atoms with E-state index in [0.717, 1.165) is 0 Å². The topological polar surface area (TPSA) is 0 Å². The van der Waals surface area contributed by atoms with Gasteiger partial charge in [0.05, 0.1) is 0 Å².